The average molecular weight is 312 g/mol. The van der Waals surface area contributed by atoms with Crippen LogP contribution in [0.2, 0.25) is 5.02 Å². The molecule has 2 rings (SSSR count). The second kappa shape index (κ2) is 6.03. The van der Waals surface area contributed by atoms with Gasteiger partial charge in [0.05, 0.1) is 5.02 Å². The van der Waals surface area contributed by atoms with E-state index < -0.39 is 0 Å². The van der Waals surface area contributed by atoms with E-state index >= 15 is 0 Å². The molecule has 0 fully saturated rings. The number of hydrogen-bond donors (Lipinski definition) is 1. The predicted molar refractivity (Wildman–Crippen MR) is 75.6 cm³/mol. The van der Waals surface area contributed by atoms with E-state index in [-0.39, 0.29) is 0 Å². The fraction of sp³-hybridized carbons (Fsp3) is 0.154. The smallest absolute Gasteiger partial charge is 0.0568 e. The van der Waals surface area contributed by atoms with Crippen LogP contribution in [-0.2, 0) is 6.42 Å². The van der Waals surface area contributed by atoms with Crippen LogP contribution in [0.25, 0.3) is 0 Å². The number of nitrogens with zero attached hydrogens (tertiary/aromatic N) is 1. The van der Waals surface area contributed by atoms with Gasteiger partial charge in [0.15, 0.2) is 0 Å². The molecule has 1 aromatic heterocycles. The van der Waals surface area contributed by atoms with Crippen molar-refractivity contribution in [3.8, 4) is 0 Å². The molecular formula is C13H12BrClN2. The number of pyridine rings is 1. The van der Waals surface area contributed by atoms with Crippen LogP contribution in [-0.4, -0.2) is 11.5 Å². The Labute approximate surface area is 114 Å². The molecule has 2 aromatic rings. The molecule has 0 saturated carbocycles. The first-order valence-corrected chi connectivity index (χ1v) is 6.50. The number of rotatable bonds is 4. The Morgan fingerprint density at radius 1 is 1.29 bits per heavy atom. The highest BCUT2D eigenvalue weighted by Gasteiger charge is 1.98. The minimum absolute atomic E-state index is 0.719. The fourth-order valence-electron chi connectivity index (χ4n) is 1.50. The van der Waals surface area contributed by atoms with Crippen LogP contribution >= 0.6 is 27.5 Å². The number of aromatic nitrogens is 1. The quantitative estimate of drug-likeness (QED) is 0.917. The molecule has 88 valence electrons. The van der Waals surface area contributed by atoms with Gasteiger partial charge in [-0.3, -0.25) is 4.98 Å². The standard InChI is InChI=1S/C13H12BrClN2/c14-12-4-3-11(8-13(12)15)17-7-5-10-2-1-6-16-9-10/h1-4,6,8-9,17H,5,7H2. The number of benzene rings is 1. The van der Waals surface area contributed by atoms with Gasteiger partial charge in [-0.1, -0.05) is 17.7 Å². The molecule has 0 amide bonds. The lowest BCUT2D eigenvalue weighted by molar-refractivity contribution is 1.01. The van der Waals surface area contributed by atoms with Crippen LogP contribution in [0.5, 0.6) is 0 Å². The van der Waals surface area contributed by atoms with Crippen molar-refractivity contribution in [1.29, 1.82) is 0 Å². The lowest BCUT2D eigenvalue weighted by Crippen LogP contribution is -2.04. The van der Waals surface area contributed by atoms with E-state index in [1.54, 1.807) is 6.20 Å². The van der Waals surface area contributed by atoms with E-state index in [9.17, 15) is 0 Å². The van der Waals surface area contributed by atoms with E-state index in [0.29, 0.717) is 0 Å². The maximum Gasteiger partial charge on any atom is 0.0568 e. The summed E-state index contributed by atoms with van der Waals surface area (Å²) in [6.45, 7) is 0.865. The van der Waals surface area contributed by atoms with E-state index in [0.717, 1.165) is 28.1 Å². The molecule has 0 unspecified atom stereocenters. The van der Waals surface area contributed by atoms with E-state index in [1.807, 2.05) is 30.5 Å². The topological polar surface area (TPSA) is 24.9 Å². The number of anilines is 1. The van der Waals surface area contributed by atoms with Crippen molar-refractivity contribution in [2.24, 2.45) is 0 Å². The molecule has 2 nitrogen and oxygen atoms in total. The molecule has 17 heavy (non-hydrogen) atoms. The van der Waals surface area contributed by atoms with Crippen LogP contribution in [0.4, 0.5) is 5.69 Å². The lowest BCUT2D eigenvalue weighted by atomic mass is 10.2. The molecule has 0 aliphatic carbocycles. The third-order valence-electron chi connectivity index (χ3n) is 2.39. The molecule has 1 heterocycles. The van der Waals surface area contributed by atoms with Gasteiger partial charge in [0.25, 0.3) is 0 Å². The number of nitrogens with one attached hydrogen (secondary N) is 1. The summed E-state index contributed by atoms with van der Waals surface area (Å²) < 4.78 is 0.914. The molecule has 0 bridgehead atoms. The van der Waals surface area contributed by atoms with E-state index in [4.69, 9.17) is 11.6 Å². The fourth-order valence-corrected chi connectivity index (χ4v) is 1.93. The molecule has 0 aliphatic rings. The van der Waals surface area contributed by atoms with Crippen LogP contribution in [0.1, 0.15) is 5.56 Å². The Morgan fingerprint density at radius 3 is 2.88 bits per heavy atom. The highest BCUT2D eigenvalue weighted by molar-refractivity contribution is 9.10. The zero-order valence-electron chi connectivity index (χ0n) is 9.16. The van der Waals surface area contributed by atoms with E-state index in [2.05, 4.69) is 32.3 Å². The highest BCUT2D eigenvalue weighted by Crippen LogP contribution is 2.25. The summed E-state index contributed by atoms with van der Waals surface area (Å²) in [4.78, 5) is 4.08. The average Bonchev–Trinajstić information content (AvgIpc) is 2.35. The van der Waals surface area contributed by atoms with Crippen molar-refractivity contribution in [3.63, 3.8) is 0 Å². The maximum absolute atomic E-state index is 6.01. The minimum Gasteiger partial charge on any atom is -0.385 e. The third-order valence-corrected chi connectivity index (χ3v) is 3.62. The van der Waals surface area contributed by atoms with Crippen LogP contribution < -0.4 is 5.32 Å². The number of hydrogen-bond acceptors (Lipinski definition) is 2. The van der Waals surface area contributed by atoms with Gasteiger partial charge >= 0.3 is 0 Å². The Bertz CT molecular complexity index is 488. The molecule has 0 aliphatic heterocycles. The summed E-state index contributed by atoms with van der Waals surface area (Å²) >= 11 is 9.38. The first-order valence-electron chi connectivity index (χ1n) is 5.33. The lowest BCUT2D eigenvalue weighted by Gasteiger charge is -2.07. The summed E-state index contributed by atoms with van der Waals surface area (Å²) in [7, 11) is 0. The van der Waals surface area contributed by atoms with Gasteiger partial charge in [-0.25, -0.2) is 0 Å². The first-order chi connectivity index (χ1) is 8.25. The summed E-state index contributed by atoms with van der Waals surface area (Å²) in [5, 5.41) is 4.05. The zero-order chi connectivity index (χ0) is 12.1. The predicted octanol–water partition coefficient (Wildman–Crippen LogP) is 4.15. The van der Waals surface area contributed by atoms with Crippen molar-refractivity contribution in [1.82, 2.24) is 4.98 Å². The van der Waals surface area contributed by atoms with Crippen molar-refractivity contribution in [2.75, 3.05) is 11.9 Å². The normalized spacial score (nSPS) is 10.2. The first kappa shape index (κ1) is 12.4. The molecule has 0 atom stereocenters. The molecular weight excluding hydrogens is 300 g/mol. The largest absolute Gasteiger partial charge is 0.385 e. The molecule has 0 radical (unpaired) electrons. The summed E-state index contributed by atoms with van der Waals surface area (Å²) in [5.74, 6) is 0. The van der Waals surface area contributed by atoms with Gasteiger partial charge < -0.3 is 5.32 Å². The molecule has 1 N–H and O–H groups in total. The Morgan fingerprint density at radius 2 is 2.18 bits per heavy atom. The summed E-state index contributed by atoms with van der Waals surface area (Å²) in [5.41, 5.74) is 2.25. The second-order valence-electron chi connectivity index (χ2n) is 3.67. The number of halogens is 2. The maximum atomic E-state index is 6.01. The van der Waals surface area contributed by atoms with Gasteiger partial charge in [0.1, 0.15) is 0 Å². The summed E-state index contributed by atoms with van der Waals surface area (Å²) in [6, 6.07) is 9.87. The Hall–Kier alpha value is -1.06. The molecule has 0 saturated heterocycles. The van der Waals surface area contributed by atoms with Crippen LogP contribution in [0.15, 0.2) is 47.2 Å². The Kier molecular flexibility index (Phi) is 4.40. The zero-order valence-corrected chi connectivity index (χ0v) is 11.5. The molecule has 1 aromatic carbocycles. The molecule has 0 spiro atoms. The third kappa shape index (κ3) is 3.72. The molecule has 4 heteroatoms. The van der Waals surface area contributed by atoms with Gasteiger partial charge in [-0.15, -0.1) is 0 Å². The van der Waals surface area contributed by atoms with Gasteiger partial charge in [-0.2, -0.15) is 0 Å². The van der Waals surface area contributed by atoms with Crippen LogP contribution in [0, 0.1) is 0 Å². The van der Waals surface area contributed by atoms with Gasteiger partial charge in [0, 0.05) is 29.1 Å². The van der Waals surface area contributed by atoms with Crippen molar-refractivity contribution < 1.29 is 0 Å². The van der Waals surface area contributed by atoms with Gasteiger partial charge in [0.2, 0.25) is 0 Å². The summed E-state index contributed by atoms with van der Waals surface area (Å²) in [6.07, 6.45) is 4.61. The van der Waals surface area contributed by atoms with Crippen molar-refractivity contribution in [3.05, 3.63) is 57.8 Å². The minimum atomic E-state index is 0.719. The van der Waals surface area contributed by atoms with Crippen molar-refractivity contribution in [2.45, 2.75) is 6.42 Å². The second-order valence-corrected chi connectivity index (χ2v) is 4.93. The van der Waals surface area contributed by atoms with Crippen molar-refractivity contribution >= 4 is 33.2 Å². The highest BCUT2D eigenvalue weighted by atomic mass is 79.9. The van der Waals surface area contributed by atoms with Gasteiger partial charge in [-0.05, 0) is 52.2 Å². The SMILES string of the molecule is Clc1cc(NCCc2cccnc2)ccc1Br. The Balaban J connectivity index is 1.88. The monoisotopic (exact) mass is 310 g/mol. The van der Waals surface area contributed by atoms with E-state index in [1.165, 1.54) is 5.56 Å². The van der Waals surface area contributed by atoms with Crippen LogP contribution in [0.3, 0.4) is 0 Å².